The molecule has 0 saturated heterocycles. The molecule has 0 unspecified atom stereocenters. The van der Waals surface area contributed by atoms with Gasteiger partial charge < -0.3 is 24.6 Å². The van der Waals surface area contributed by atoms with Gasteiger partial charge in [-0.15, -0.1) is 0 Å². The number of carbonyl (C=O) groups excluding carboxylic acids is 3. The van der Waals surface area contributed by atoms with Crippen molar-refractivity contribution in [3.63, 3.8) is 0 Å². The van der Waals surface area contributed by atoms with E-state index in [1.165, 1.54) is 13.2 Å². The zero-order valence-electron chi connectivity index (χ0n) is 19.0. The lowest BCUT2D eigenvalue weighted by Crippen LogP contribution is -2.43. The number of nitrogens with one attached hydrogen (secondary N) is 1. The molecule has 0 amide bonds. The van der Waals surface area contributed by atoms with Crippen molar-refractivity contribution in [1.29, 1.82) is 0 Å². The van der Waals surface area contributed by atoms with Crippen LogP contribution in [0.1, 0.15) is 45.6 Å². The van der Waals surface area contributed by atoms with Gasteiger partial charge in [0.25, 0.3) is 0 Å². The molecule has 3 rings (SSSR count). The monoisotopic (exact) mass is 443 g/mol. The molecule has 0 aromatic heterocycles. The molecule has 3 atom stereocenters. The third-order valence-corrected chi connectivity index (χ3v) is 5.86. The quantitative estimate of drug-likeness (QED) is 0.510. The van der Waals surface area contributed by atoms with Gasteiger partial charge in [0, 0.05) is 22.9 Å². The second kappa shape index (κ2) is 9.46. The van der Waals surface area contributed by atoms with E-state index < -0.39 is 23.8 Å². The van der Waals surface area contributed by atoms with Crippen LogP contribution < -0.4 is 10.1 Å². The first-order valence-corrected chi connectivity index (χ1v) is 10.7. The average molecular weight is 443 g/mol. The van der Waals surface area contributed by atoms with E-state index in [-0.39, 0.29) is 35.4 Å². The van der Waals surface area contributed by atoms with E-state index >= 15 is 0 Å². The molecule has 0 radical (unpaired) electrons. The van der Waals surface area contributed by atoms with Crippen LogP contribution in [0.2, 0.25) is 0 Å². The molecule has 32 heavy (non-hydrogen) atoms. The summed E-state index contributed by atoms with van der Waals surface area (Å²) in [4.78, 5) is 39.0. The van der Waals surface area contributed by atoms with Crippen LogP contribution in [0.3, 0.4) is 0 Å². The summed E-state index contributed by atoms with van der Waals surface area (Å²) in [6, 6.07) is 4.72. The highest BCUT2D eigenvalue weighted by atomic mass is 16.5. The molecule has 8 heteroatoms. The van der Waals surface area contributed by atoms with Gasteiger partial charge in [-0.1, -0.05) is 13.0 Å². The Morgan fingerprint density at radius 3 is 2.56 bits per heavy atom. The largest absolute Gasteiger partial charge is 0.504 e. The number of esters is 2. The molecule has 8 nitrogen and oxygen atoms in total. The van der Waals surface area contributed by atoms with Crippen molar-refractivity contribution in [2.45, 2.75) is 40.0 Å². The van der Waals surface area contributed by atoms with Gasteiger partial charge in [0.05, 0.1) is 25.9 Å². The highest BCUT2D eigenvalue weighted by Gasteiger charge is 2.47. The first kappa shape index (κ1) is 23.4. The van der Waals surface area contributed by atoms with Gasteiger partial charge in [0.1, 0.15) is 5.92 Å². The zero-order chi connectivity index (χ0) is 23.6. The van der Waals surface area contributed by atoms with E-state index in [4.69, 9.17) is 14.2 Å². The van der Waals surface area contributed by atoms with Crippen LogP contribution in [0.5, 0.6) is 11.5 Å². The predicted molar refractivity (Wildman–Crippen MR) is 116 cm³/mol. The highest BCUT2D eigenvalue weighted by molar-refractivity contribution is 6.12. The summed E-state index contributed by atoms with van der Waals surface area (Å²) in [5.74, 6) is -3.36. The van der Waals surface area contributed by atoms with Gasteiger partial charge in [-0.05, 0) is 50.8 Å². The lowest BCUT2D eigenvalue weighted by atomic mass is 9.69. The standard InChI is InChI=1S/C24H29NO7/c1-6-31-17-11-14(8-9-16(17)26)20-19(24(29)32-7-2)13(4)25-15-10-12(3)18(23(28)30-5)22(27)21(15)20/h8-9,11-12,18,20,25-26H,6-7,10H2,1-5H3/t12-,18-,20+/m1/s1. The zero-order valence-corrected chi connectivity index (χ0v) is 19.0. The molecule has 0 fully saturated rings. The summed E-state index contributed by atoms with van der Waals surface area (Å²) in [5, 5.41) is 13.4. The van der Waals surface area contributed by atoms with E-state index in [0.29, 0.717) is 35.6 Å². The van der Waals surface area contributed by atoms with Gasteiger partial charge in [-0.3, -0.25) is 9.59 Å². The van der Waals surface area contributed by atoms with Crippen LogP contribution in [0.15, 0.2) is 40.7 Å². The van der Waals surface area contributed by atoms with Crippen molar-refractivity contribution < 1.29 is 33.7 Å². The molecule has 1 aliphatic carbocycles. The summed E-state index contributed by atoms with van der Waals surface area (Å²) >= 11 is 0. The number of ketones is 1. The number of hydrogen-bond donors (Lipinski definition) is 2. The smallest absolute Gasteiger partial charge is 0.336 e. The maximum Gasteiger partial charge on any atom is 0.336 e. The number of aromatic hydroxyl groups is 1. The molecule has 1 aromatic carbocycles. The van der Waals surface area contributed by atoms with Crippen LogP contribution in [-0.2, 0) is 23.9 Å². The molecule has 2 aliphatic rings. The number of methoxy groups -OCH3 is 1. The third kappa shape index (κ3) is 4.09. The summed E-state index contributed by atoms with van der Waals surface area (Å²) in [6.07, 6.45) is 0.446. The molecule has 0 saturated carbocycles. The molecule has 0 bridgehead atoms. The molecule has 2 N–H and O–H groups in total. The van der Waals surface area contributed by atoms with E-state index in [1.54, 1.807) is 32.9 Å². The Bertz CT molecular complexity index is 1010. The molecular weight excluding hydrogens is 414 g/mol. The molecule has 1 heterocycles. The number of dihydropyridines is 1. The fraction of sp³-hybridized carbons (Fsp3) is 0.458. The van der Waals surface area contributed by atoms with E-state index in [2.05, 4.69) is 5.32 Å². The number of phenols is 1. The number of rotatable bonds is 6. The average Bonchev–Trinajstić information content (AvgIpc) is 2.74. The fourth-order valence-corrected chi connectivity index (χ4v) is 4.47. The second-order valence-corrected chi connectivity index (χ2v) is 7.92. The van der Waals surface area contributed by atoms with E-state index in [0.717, 1.165) is 0 Å². The number of ether oxygens (including phenoxy) is 3. The summed E-state index contributed by atoms with van der Waals surface area (Å²) in [6.45, 7) is 7.58. The van der Waals surface area contributed by atoms with Crippen molar-refractivity contribution in [3.05, 3.63) is 46.3 Å². The SMILES string of the molecule is CCOC(=O)C1=C(C)NC2=C(C(=O)[C@H](C(=O)OC)[C@H](C)C2)[C@H]1c1ccc(O)c(OCC)c1. The second-order valence-electron chi connectivity index (χ2n) is 7.92. The van der Waals surface area contributed by atoms with Crippen molar-refractivity contribution in [1.82, 2.24) is 5.32 Å². The predicted octanol–water partition coefficient (Wildman–Crippen LogP) is 2.97. The maximum atomic E-state index is 13.6. The Morgan fingerprint density at radius 2 is 1.94 bits per heavy atom. The Hall–Kier alpha value is -3.29. The van der Waals surface area contributed by atoms with Gasteiger partial charge >= 0.3 is 11.9 Å². The topological polar surface area (TPSA) is 111 Å². The minimum Gasteiger partial charge on any atom is -0.504 e. The maximum absolute atomic E-state index is 13.6. The number of Topliss-reactive ketones (excluding diaryl/α,β-unsaturated/α-hetero) is 1. The van der Waals surface area contributed by atoms with Crippen LogP contribution in [-0.4, -0.2) is 43.2 Å². The van der Waals surface area contributed by atoms with Gasteiger partial charge in [0.15, 0.2) is 17.3 Å². The molecule has 1 aromatic rings. The summed E-state index contributed by atoms with van der Waals surface area (Å²) in [7, 11) is 1.26. The van der Waals surface area contributed by atoms with Gasteiger partial charge in [0.2, 0.25) is 0 Å². The Balaban J connectivity index is 2.22. The Kier molecular flexibility index (Phi) is 6.91. The van der Waals surface area contributed by atoms with E-state index in [1.807, 2.05) is 6.92 Å². The summed E-state index contributed by atoms with van der Waals surface area (Å²) < 4.78 is 15.7. The highest BCUT2D eigenvalue weighted by Crippen LogP contribution is 2.46. The third-order valence-electron chi connectivity index (χ3n) is 5.86. The number of benzene rings is 1. The lowest BCUT2D eigenvalue weighted by Gasteiger charge is -2.38. The molecule has 0 spiro atoms. The first-order valence-electron chi connectivity index (χ1n) is 10.7. The Labute approximate surface area is 187 Å². The van der Waals surface area contributed by atoms with Crippen molar-refractivity contribution in [2.75, 3.05) is 20.3 Å². The minimum absolute atomic E-state index is 0.0480. The van der Waals surface area contributed by atoms with Crippen molar-refractivity contribution in [2.24, 2.45) is 11.8 Å². The molecular formula is C24H29NO7. The van der Waals surface area contributed by atoms with Crippen molar-refractivity contribution in [3.8, 4) is 11.5 Å². The number of hydrogen-bond acceptors (Lipinski definition) is 8. The van der Waals surface area contributed by atoms with Crippen LogP contribution >= 0.6 is 0 Å². The number of allylic oxidation sites excluding steroid dienone is 3. The molecule has 172 valence electrons. The summed E-state index contributed by atoms with van der Waals surface area (Å²) in [5.41, 5.74) is 2.44. The lowest BCUT2D eigenvalue weighted by molar-refractivity contribution is -0.151. The number of carbonyl (C=O) groups is 3. The van der Waals surface area contributed by atoms with Crippen LogP contribution in [0.4, 0.5) is 0 Å². The van der Waals surface area contributed by atoms with E-state index in [9.17, 15) is 19.5 Å². The van der Waals surface area contributed by atoms with Gasteiger partial charge in [-0.25, -0.2) is 4.79 Å². The molecule has 1 aliphatic heterocycles. The van der Waals surface area contributed by atoms with Crippen LogP contribution in [0, 0.1) is 11.8 Å². The first-order chi connectivity index (χ1) is 15.2. The number of phenolic OH excluding ortho intramolecular Hbond substituents is 1. The van der Waals surface area contributed by atoms with Crippen molar-refractivity contribution >= 4 is 17.7 Å². The normalized spacial score (nSPS) is 22.8. The Morgan fingerprint density at radius 1 is 1.22 bits per heavy atom. The van der Waals surface area contributed by atoms with Gasteiger partial charge in [-0.2, -0.15) is 0 Å². The van der Waals surface area contributed by atoms with Crippen LogP contribution in [0.25, 0.3) is 0 Å². The fourth-order valence-electron chi connectivity index (χ4n) is 4.47. The minimum atomic E-state index is -0.964.